The fraction of sp³-hybridized carbons (Fsp3) is 0.278. The minimum absolute atomic E-state index is 0.000710. The third-order valence-corrected chi connectivity index (χ3v) is 4.14. The molecule has 0 saturated carbocycles. The smallest absolute Gasteiger partial charge is 0.227 e. The van der Waals surface area contributed by atoms with Gasteiger partial charge in [0.1, 0.15) is 0 Å². The molecule has 1 atom stereocenters. The number of nitrogens with zero attached hydrogens (tertiary/aromatic N) is 1. The second-order valence-corrected chi connectivity index (χ2v) is 5.62. The fourth-order valence-electron chi connectivity index (χ4n) is 2.91. The summed E-state index contributed by atoms with van der Waals surface area (Å²) in [6.45, 7) is 0.618. The molecule has 0 bridgehead atoms. The highest BCUT2D eigenvalue weighted by Crippen LogP contribution is 2.29. The number of carbonyl (C=O) groups excluding carboxylic acids is 1. The average molecular weight is 297 g/mol. The van der Waals surface area contributed by atoms with Crippen LogP contribution in [0.25, 0.3) is 11.1 Å². The predicted octanol–water partition coefficient (Wildman–Crippen LogP) is 2.19. The third kappa shape index (κ3) is 2.75. The SMILES string of the molecule is O=C1CC(CO)CN1c1ccc(-c2ccccc2CO)cc1. The number of amides is 1. The van der Waals surface area contributed by atoms with E-state index < -0.39 is 0 Å². The van der Waals surface area contributed by atoms with E-state index in [1.165, 1.54) is 0 Å². The monoisotopic (exact) mass is 297 g/mol. The van der Waals surface area contributed by atoms with E-state index >= 15 is 0 Å². The van der Waals surface area contributed by atoms with Crippen molar-refractivity contribution in [1.82, 2.24) is 0 Å². The maximum Gasteiger partial charge on any atom is 0.227 e. The second kappa shape index (κ2) is 6.30. The van der Waals surface area contributed by atoms with E-state index in [1.807, 2.05) is 48.5 Å². The maximum atomic E-state index is 12.0. The summed E-state index contributed by atoms with van der Waals surface area (Å²) in [5, 5.41) is 18.6. The Morgan fingerprint density at radius 2 is 1.77 bits per heavy atom. The molecule has 0 radical (unpaired) electrons. The molecule has 0 aromatic heterocycles. The van der Waals surface area contributed by atoms with Crippen LogP contribution in [0.1, 0.15) is 12.0 Å². The van der Waals surface area contributed by atoms with Crippen molar-refractivity contribution < 1.29 is 15.0 Å². The van der Waals surface area contributed by atoms with Gasteiger partial charge in [-0.1, -0.05) is 36.4 Å². The van der Waals surface area contributed by atoms with E-state index in [9.17, 15) is 15.0 Å². The van der Waals surface area contributed by atoms with Crippen LogP contribution in [-0.2, 0) is 11.4 Å². The molecule has 1 heterocycles. The molecule has 4 nitrogen and oxygen atoms in total. The Bertz CT molecular complexity index is 666. The first-order valence-corrected chi connectivity index (χ1v) is 7.43. The molecular weight excluding hydrogens is 278 g/mol. The molecule has 1 aliphatic heterocycles. The summed E-state index contributed by atoms with van der Waals surface area (Å²) in [6.07, 6.45) is 0.408. The summed E-state index contributed by atoms with van der Waals surface area (Å²) in [4.78, 5) is 13.7. The van der Waals surface area contributed by atoms with Crippen LogP contribution in [0.2, 0.25) is 0 Å². The zero-order valence-corrected chi connectivity index (χ0v) is 12.3. The van der Waals surface area contributed by atoms with E-state index in [2.05, 4.69) is 0 Å². The Kier molecular flexibility index (Phi) is 4.22. The highest BCUT2D eigenvalue weighted by atomic mass is 16.3. The molecule has 1 amide bonds. The van der Waals surface area contributed by atoms with Crippen LogP contribution in [0.4, 0.5) is 5.69 Å². The van der Waals surface area contributed by atoms with Crippen molar-refractivity contribution in [2.24, 2.45) is 5.92 Å². The molecule has 0 spiro atoms. The van der Waals surface area contributed by atoms with E-state index in [-0.39, 0.29) is 25.0 Å². The van der Waals surface area contributed by atoms with Crippen LogP contribution in [-0.4, -0.2) is 29.3 Å². The van der Waals surface area contributed by atoms with Crippen molar-refractivity contribution in [3.63, 3.8) is 0 Å². The van der Waals surface area contributed by atoms with Gasteiger partial charge < -0.3 is 15.1 Å². The van der Waals surface area contributed by atoms with Crippen molar-refractivity contribution in [3.8, 4) is 11.1 Å². The van der Waals surface area contributed by atoms with Gasteiger partial charge in [-0.05, 0) is 28.8 Å². The maximum absolute atomic E-state index is 12.0. The minimum Gasteiger partial charge on any atom is -0.396 e. The zero-order chi connectivity index (χ0) is 15.5. The molecular formula is C18H19NO3. The number of hydrogen-bond donors (Lipinski definition) is 2. The lowest BCUT2D eigenvalue weighted by molar-refractivity contribution is -0.117. The molecule has 22 heavy (non-hydrogen) atoms. The molecule has 114 valence electrons. The Morgan fingerprint density at radius 1 is 1.05 bits per heavy atom. The summed E-state index contributed by atoms with van der Waals surface area (Å²) in [6, 6.07) is 15.5. The van der Waals surface area contributed by atoms with Crippen LogP contribution in [0.15, 0.2) is 48.5 Å². The van der Waals surface area contributed by atoms with Gasteiger partial charge in [-0.25, -0.2) is 0 Å². The van der Waals surface area contributed by atoms with Gasteiger partial charge in [-0.2, -0.15) is 0 Å². The van der Waals surface area contributed by atoms with Gasteiger partial charge in [-0.3, -0.25) is 4.79 Å². The number of carbonyl (C=O) groups is 1. The Hall–Kier alpha value is -2.17. The van der Waals surface area contributed by atoms with E-state index in [1.54, 1.807) is 4.90 Å². The fourth-order valence-corrected chi connectivity index (χ4v) is 2.91. The van der Waals surface area contributed by atoms with Gasteiger partial charge in [0.25, 0.3) is 0 Å². The van der Waals surface area contributed by atoms with Crippen LogP contribution in [0.5, 0.6) is 0 Å². The molecule has 0 aliphatic carbocycles. The van der Waals surface area contributed by atoms with Crippen LogP contribution < -0.4 is 4.90 Å². The average Bonchev–Trinajstić information content (AvgIpc) is 2.96. The molecule has 2 N–H and O–H groups in total. The molecule has 3 rings (SSSR count). The summed E-state index contributed by atoms with van der Waals surface area (Å²) in [5.41, 5.74) is 3.75. The molecule has 1 fully saturated rings. The number of benzene rings is 2. The number of hydrogen-bond acceptors (Lipinski definition) is 3. The zero-order valence-electron chi connectivity index (χ0n) is 12.3. The van der Waals surface area contributed by atoms with Gasteiger partial charge in [0, 0.05) is 31.2 Å². The Morgan fingerprint density at radius 3 is 2.41 bits per heavy atom. The van der Waals surface area contributed by atoms with E-state index in [0.29, 0.717) is 13.0 Å². The second-order valence-electron chi connectivity index (χ2n) is 5.62. The van der Waals surface area contributed by atoms with Crippen molar-refractivity contribution in [1.29, 1.82) is 0 Å². The number of rotatable bonds is 4. The van der Waals surface area contributed by atoms with Gasteiger partial charge in [0.15, 0.2) is 0 Å². The highest BCUT2D eigenvalue weighted by molar-refractivity contribution is 5.96. The van der Waals surface area contributed by atoms with E-state index in [0.717, 1.165) is 22.4 Å². The standard InChI is InChI=1S/C18H19NO3/c20-11-13-9-18(22)19(10-13)16-7-5-14(6-8-16)17-4-2-1-3-15(17)12-21/h1-8,13,20-21H,9-12H2. The number of aliphatic hydroxyl groups excluding tert-OH is 2. The van der Waals surface area contributed by atoms with Gasteiger partial charge in [-0.15, -0.1) is 0 Å². The van der Waals surface area contributed by atoms with Crippen molar-refractivity contribution in [2.45, 2.75) is 13.0 Å². The lowest BCUT2D eigenvalue weighted by Crippen LogP contribution is -2.24. The Balaban J connectivity index is 1.86. The van der Waals surface area contributed by atoms with Crippen molar-refractivity contribution >= 4 is 11.6 Å². The number of anilines is 1. The molecule has 1 saturated heterocycles. The highest BCUT2D eigenvalue weighted by Gasteiger charge is 2.29. The van der Waals surface area contributed by atoms with Crippen LogP contribution in [0, 0.1) is 5.92 Å². The molecule has 1 aliphatic rings. The first-order chi connectivity index (χ1) is 10.7. The largest absolute Gasteiger partial charge is 0.396 e. The summed E-state index contributed by atoms with van der Waals surface area (Å²) >= 11 is 0. The van der Waals surface area contributed by atoms with Crippen LogP contribution in [0.3, 0.4) is 0 Å². The van der Waals surface area contributed by atoms with Gasteiger partial charge in [0.05, 0.1) is 6.61 Å². The molecule has 2 aromatic carbocycles. The van der Waals surface area contributed by atoms with Gasteiger partial charge in [0.2, 0.25) is 5.91 Å². The van der Waals surface area contributed by atoms with Crippen molar-refractivity contribution in [2.75, 3.05) is 18.1 Å². The van der Waals surface area contributed by atoms with Gasteiger partial charge >= 0.3 is 0 Å². The third-order valence-electron chi connectivity index (χ3n) is 4.14. The normalized spacial score (nSPS) is 18.0. The molecule has 2 aromatic rings. The van der Waals surface area contributed by atoms with E-state index in [4.69, 9.17) is 0 Å². The molecule has 1 unspecified atom stereocenters. The lowest BCUT2D eigenvalue weighted by Gasteiger charge is -2.17. The minimum atomic E-state index is 0.000710. The first kappa shape index (κ1) is 14.8. The lowest BCUT2D eigenvalue weighted by atomic mass is 10.00. The summed E-state index contributed by atoms with van der Waals surface area (Å²) in [5.74, 6) is 0.0878. The quantitative estimate of drug-likeness (QED) is 0.909. The molecule has 4 heteroatoms. The van der Waals surface area contributed by atoms with Crippen molar-refractivity contribution in [3.05, 3.63) is 54.1 Å². The summed E-state index contributed by atoms with van der Waals surface area (Å²) < 4.78 is 0. The predicted molar refractivity (Wildman–Crippen MR) is 85.3 cm³/mol. The number of aliphatic hydroxyl groups is 2. The Labute approximate surface area is 129 Å². The van der Waals surface area contributed by atoms with Crippen LogP contribution >= 0.6 is 0 Å². The summed E-state index contributed by atoms with van der Waals surface area (Å²) in [7, 11) is 0. The first-order valence-electron chi connectivity index (χ1n) is 7.43. The topological polar surface area (TPSA) is 60.8 Å².